The van der Waals surface area contributed by atoms with E-state index in [0.29, 0.717) is 0 Å². The third kappa shape index (κ3) is 3.29. The molecule has 1 aromatic rings. The molecule has 1 N–H and O–H groups in total. The van der Waals surface area contributed by atoms with Crippen LogP contribution in [-0.2, 0) is 28.1 Å². The van der Waals surface area contributed by atoms with E-state index < -0.39 is 21.1 Å². The van der Waals surface area contributed by atoms with Crippen LogP contribution in [-0.4, -0.2) is 40.3 Å². The van der Waals surface area contributed by atoms with Crippen molar-refractivity contribution < 1.29 is 18.3 Å². The Balaban J connectivity index is 2.74. The average molecular weight is 260 g/mol. The molecule has 6 nitrogen and oxygen atoms in total. The molecule has 0 saturated carbocycles. The van der Waals surface area contributed by atoms with Crippen molar-refractivity contribution in [1.29, 1.82) is 0 Å². The van der Waals surface area contributed by atoms with Crippen LogP contribution in [0.4, 0.5) is 0 Å². The van der Waals surface area contributed by atoms with Crippen LogP contribution in [0.15, 0.2) is 12.3 Å². The minimum atomic E-state index is -3.61. The summed E-state index contributed by atoms with van der Waals surface area (Å²) in [6, 6.07) is 1.72. The number of hydrogen-bond donors (Lipinski definition) is 1. The molecule has 0 amide bonds. The summed E-state index contributed by atoms with van der Waals surface area (Å²) < 4.78 is 25.2. The Morgan fingerprint density at radius 1 is 1.59 bits per heavy atom. The third-order valence-corrected chi connectivity index (χ3v) is 4.82. The quantitative estimate of drug-likeness (QED) is 0.791. The van der Waals surface area contributed by atoms with Gasteiger partial charge in [0.2, 0.25) is 0 Å². The highest BCUT2D eigenvalue weighted by atomic mass is 32.2. The normalized spacial score (nSPS) is 13.5. The summed E-state index contributed by atoms with van der Waals surface area (Å²) in [5.74, 6) is -1.45. The molecule has 1 unspecified atom stereocenters. The standard InChI is InChI=1S/C10H16N2O4S/c1-3-9(10(13)14)17(15,16)7-5-8-4-6-11-12(8)2/h4,6,9H,3,5,7H2,1-2H3,(H,13,14). The van der Waals surface area contributed by atoms with Crippen molar-refractivity contribution in [3.8, 4) is 0 Å². The molecule has 0 aromatic carbocycles. The maximum absolute atomic E-state index is 11.8. The molecular formula is C10H16N2O4S. The minimum absolute atomic E-state index is 0.0864. The molecule has 0 bridgehead atoms. The molecule has 0 fully saturated rings. The van der Waals surface area contributed by atoms with Gasteiger partial charge in [-0.25, -0.2) is 8.42 Å². The predicted molar refractivity (Wildman–Crippen MR) is 62.4 cm³/mol. The summed E-state index contributed by atoms with van der Waals surface area (Å²) in [5, 5.41) is 11.4. The molecule has 96 valence electrons. The molecule has 7 heteroatoms. The molecule has 1 atom stereocenters. The Hall–Kier alpha value is -1.37. The second kappa shape index (κ2) is 5.31. The number of rotatable bonds is 6. The van der Waals surface area contributed by atoms with E-state index in [1.807, 2.05) is 0 Å². The number of carbonyl (C=O) groups is 1. The van der Waals surface area contributed by atoms with Gasteiger partial charge in [0.15, 0.2) is 15.1 Å². The van der Waals surface area contributed by atoms with Crippen LogP contribution in [0.25, 0.3) is 0 Å². The van der Waals surface area contributed by atoms with Gasteiger partial charge in [-0.1, -0.05) is 6.92 Å². The SMILES string of the molecule is CCC(C(=O)O)S(=O)(=O)CCc1ccnn1C. The molecule has 0 spiro atoms. The van der Waals surface area contributed by atoms with Gasteiger partial charge in [0, 0.05) is 25.4 Å². The zero-order valence-corrected chi connectivity index (χ0v) is 10.6. The third-order valence-electron chi connectivity index (χ3n) is 2.64. The Morgan fingerprint density at radius 2 is 2.24 bits per heavy atom. The number of carboxylic acids is 1. The van der Waals surface area contributed by atoms with Gasteiger partial charge in [0.05, 0.1) is 5.75 Å². The Kier molecular flexibility index (Phi) is 4.28. The van der Waals surface area contributed by atoms with Crippen molar-refractivity contribution in [3.05, 3.63) is 18.0 Å². The minimum Gasteiger partial charge on any atom is -0.480 e. The molecular weight excluding hydrogens is 244 g/mol. The number of nitrogens with zero attached hydrogens (tertiary/aromatic N) is 2. The molecule has 0 radical (unpaired) electrons. The summed E-state index contributed by atoms with van der Waals surface area (Å²) in [5.41, 5.74) is 0.772. The first kappa shape index (κ1) is 13.7. The van der Waals surface area contributed by atoms with Gasteiger partial charge in [-0.15, -0.1) is 0 Å². The number of carboxylic acid groups (broad SMARTS) is 1. The van der Waals surface area contributed by atoms with E-state index in [1.54, 1.807) is 30.9 Å². The van der Waals surface area contributed by atoms with Gasteiger partial charge in [-0.3, -0.25) is 9.48 Å². The zero-order chi connectivity index (χ0) is 13.1. The predicted octanol–water partition coefficient (Wildman–Crippen LogP) is 0.241. The van der Waals surface area contributed by atoms with Crippen LogP contribution in [0.5, 0.6) is 0 Å². The van der Waals surface area contributed by atoms with Crippen LogP contribution in [0.3, 0.4) is 0 Å². The van der Waals surface area contributed by atoms with Crippen molar-refractivity contribution >= 4 is 15.8 Å². The first-order valence-electron chi connectivity index (χ1n) is 5.29. The summed E-state index contributed by atoms with van der Waals surface area (Å²) in [4.78, 5) is 10.8. The number of aryl methyl sites for hydroxylation is 2. The molecule has 0 saturated heterocycles. The lowest BCUT2D eigenvalue weighted by atomic mass is 10.3. The fourth-order valence-electron chi connectivity index (χ4n) is 1.62. The molecule has 17 heavy (non-hydrogen) atoms. The Morgan fingerprint density at radius 3 is 2.65 bits per heavy atom. The van der Waals surface area contributed by atoms with E-state index in [1.165, 1.54) is 0 Å². The van der Waals surface area contributed by atoms with E-state index in [0.717, 1.165) is 5.69 Å². The lowest BCUT2D eigenvalue weighted by Crippen LogP contribution is -2.32. The van der Waals surface area contributed by atoms with Gasteiger partial charge in [0.1, 0.15) is 0 Å². The molecule has 1 heterocycles. The van der Waals surface area contributed by atoms with Crippen LogP contribution in [0.1, 0.15) is 19.0 Å². The second-order valence-electron chi connectivity index (χ2n) is 3.80. The highest BCUT2D eigenvalue weighted by molar-refractivity contribution is 7.92. The summed E-state index contributed by atoms with van der Waals surface area (Å²) in [6.07, 6.45) is 1.95. The maximum atomic E-state index is 11.8. The highest BCUT2D eigenvalue weighted by Crippen LogP contribution is 2.10. The lowest BCUT2D eigenvalue weighted by Gasteiger charge is -2.11. The van der Waals surface area contributed by atoms with Crippen molar-refractivity contribution in [2.24, 2.45) is 7.05 Å². The van der Waals surface area contributed by atoms with Gasteiger partial charge in [0.25, 0.3) is 0 Å². The molecule has 0 aliphatic carbocycles. The second-order valence-corrected chi connectivity index (χ2v) is 6.10. The summed E-state index contributed by atoms with van der Waals surface area (Å²) in [7, 11) is -1.89. The lowest BCUT2D eigenvalue weighted by molar-refractivity contribution is -0.136. The molecule has 1 aromatic heterocycles. The van der Waals surface area contributed by atoms with Gasteiger partial charge >= 0.3 is 5.97 Å². The van der Waals surface area contributed by atoms with E-state index in [-0.39, 0.29) is 18.6 Å². The fraction of sp³-hybridized carbons (Fsp3) is 0.600. The number of aliphatic carboxylic acids is 1. The smallest absolute Gasteiger partial charge is 0.321 e. The number of hydrogen-bond acceptors (Lipinski definition) is 4. The van der Waals surface area contributed by atoms with E-state index in [2.05, 4.69) is 5.10 Å². The van der Waals surface area contributed by atoms with Crippen molar-refractivity contribution in [2.75, 3.05) is 5.75 Å². The van der Waals surface area contributed by atoms with Crippen molar-refractivity contribution in [3.63, 3.8) is 0 Å². The van der Waals surface area contributed by atoms with Crippen molar-refractivity contribution in [1.82, 2.24) is 9.78 Å². The first-order valence-corrected chi connectivity index (χ1v) is 7.01. The number of aromatic nitrogens is 2. The zero-order valence-electron chi connectivity index (χ0n) is 9.83. The van der Waals surface area contributed by atoms with E-state index in [9.17, 15) is 13.2 Å². The number of sulfone groups is 1. The van der Waals surface area contributed by atoms with Crippen LogP contribution >= 0.6 is 0 Å². The largest absolute Gasteiger partial charge is 0.480 e. The van der Waals surface area contributed by atoms with Crippen LogP contribution in [0.2, 0.25) is 0 Å². The summed E-state index contributed by atoms with van der Waals surface area (Å²) in [6.45, 7) is 1.56. The van der Waals surface area contributed by atoms with Gasteiger partial charge in [-0.2, -0.15) is 5.10 Å². The molecule has 0 aliphatic rings. The van der Waals surface area contributed by atoms with Crippen LogP contribution in [0, 0.1) is 0 Å². The maximum Gasteiger partial charge on any atom is 0.321 e. The molecule has 0 aliphatic heterocycles. The van der Waals surface area contributed by atoms with Gasteiger partial charge in [-0.05, 0) is 12.5 Å². The van der Waals surface area contributed by atoms with Gasteiger partial charge < -0.3 is 5.11 Å². The van der Waals surface area contributed by atoms with Crippen molar-refractivity contribution in [2.45, 2.75) is 25.0 Å². The fourth-order valence-corrected chi connectivity index (χ4v) is 3.21. The van der Waals surface area contributed by atoms with E-state index in [4.69, 9.17) is 5.11 Å². The topological polar surface area (TPSA) is 89.3 Å². The monoisotopic (exact) mass is 260 g/mol. The molecule has 1 rings (SSSR count). The highest BCUT2D eigenvalue weighted by Gasteiger charge is 2.30. The first-order chi connectivity index (χ1) is 7.88. The Labute approximate surface area is 100 Å². The average Bonchev–Trinajstić information content (AvgIpc) is 2.61. The van der Waals surface area contributed by atoms with Crippen LogP contribution < -0.4 is 0 Å². The van der Waals surface area contributed by atoms with E-state index >= 15 is 0 Å². The summed E-state index contributed by atoms with van der Waals surface area (Å²) >= 11 is 0. The Bertz CT molecular complexity index is 492.